The maximum Gasteiger partial charge on any atom is 0.170 e. The van der Waals surface area contributed by atoms with E-state index in [0.717, 1.165) is 27.1 Å². The average molecular weight is 338 g/mol. The molecule has 4 heteroatoms. The number of halogens is 1. The van der Waals surface area contributed by atoms with Gasteiger partial charge in [-0.1, -0.05) is 54.6 Å². The van der Waals surface area contributed by atoms with Crippen molar-refractivity contribution in [3.63, 3.8) is 0 Å². The van der Waals surface area contributed by atoms with Crippen LogP contribution in [0, 0.1) is 0 Å². The van der Waals surface area contributed by atoms with Gasteiger partial charge in [-0.2, -0.15) is 5.10 Å². The molecule has 21 heavy (non-hydrogen) atoms. The van der Waals surface area contributed by atoms with Crippen molar-refractivity contribution in [3.05, 3.63) is 77.1 Å². The van der Waals surface area contributed by atoms with Gasteiger partial charge in [0.1, 0.15) is 5.69 Å². The summed E-state index contributed by atoms with van der Waals surface area (Å²) in [4.78, 5) is 4.46. The van der Waals surface area contributed by atoms with Crippen molar-refractivity contribution in [1.82, 2.24) is 14.6 Å². The second-order valence-corrected chi connectivity index (χ2v) is 5.72. The lowest BCUT2D eigenvalue weighted by Crippen LogP contribution is -2.02. The molecule has 2 aromatic heterocycles. The zero-order valence-corrected chi connectivity index (χ0v) is 12.7. The van der Waals surface area contributed by atoms with Crippen LogP contribution in [0.5, 0.6) is 0 Å². The Morgan fingerprint density at radius 3 is 2.52 bits per heavy atom. The van der Waals surface area contributed by atoms with E-state index in [1.165, 1.54) is 0 Å². The van der Waals surface area contributed by atoms with Gasteiger partial charge in [0, 0.05) is 17.7 Å². The third-order valence-electron chi connectivity index (χ3n) is 3.63. The number of rotatable bonds is 2. The Hall–Kier alpha value is -2.20. The van der Waals surface area contributed by atoms with Gasteiger partial charge in [-0.3, -0.25) is 0 Å². The van der Waals surface area contributed by atoms with E-state index in [2.05, 4.69) is 57.4 Å². The zero-order valence-electron chi connectivity index (χ0n) is 11.1. The number of nitrogens with zero attached hydrogens (tertiary/aromatic N) is 3. The number of benzene rings is 1. The molecule has 0 radical (unpaired) electrons. The fraction of sp³-hybridized carbons (Fsp3) is 0.0588. The molecule has 4 rings (SSSR count). The first-order valence-corrected chi connectivity index (χ1v) is 7.57. The molecule has 102 valence electrons. The minimum Gasteiger partial charge on any atom is -0.236 e. The van der Waals surface area contributed by atoms with Crippen molar-refractivity contribution in [2.45, 2.75) is 5.92 Å². The summed E-state index contributed by atoms with van der Waals surface area (Å²) in [6.45, 7) is 0. The molecule has 0 fully saturated rings. The quantitative estimate of drug-likeness (QED) is 0.695. The van der Waals surface area contributed by atoms with Crippen LogP contribution in [0.15, 0.2) is 71.4 Å². The summed E-state index contributed by atoms with van der Waals surface area (Å²) in [7, 11) is 0. The number of allylic oxidation sites excluding steroid dienone is 4. The van der Waals surface area contributed by atoms with Gasteiger partial charge in [-0.15, -0.1) is 0 Å². The van der Waals surface area contributed by atoms with Crippen LogP contribution in [0.1, 0.15) is 11.6 Å². The fourth-order valence-corrected chi connectivity index (χ4v) is 3.18. The van der Waals surface area contributed by atoms with Crippen molar-refractivity contribution >= 4 is 21.6 Å². The normalized spacial score (nSPS) is 14.3. The first kappa shape index (κ1) is 12.5. The Kier molecular flexibility index (Phi) is 2.97. The fourth-order valence-electron chi connectivity index (χ4n) is 2.60. The molecule has 0 saturated heterocycles. The highest BCUT2D eigenvalue weighted by Crippen LogP contribution is 2.32. The summed E-state index contributed by atoms with van der Waals surface area (Å²) in [6, 6.07) is 12.2. The molecule has 0 unspecified atom stereocenters. The maximum atomic E-state index is 4.77. The first-order chi connectivity index (χ1) is 10.3. The van der Waals surface area contributed by atoms with E-state index in [4.69, 9.17) is 5.10 Å². The molecular weight excluding hydrogens is 326 g/mol. The van der Waals surface area contributed by atoms with E-state index < -0.39 is 0 Å². The third-order valence-corrected chi connectivity index (χ3v) is 4.36. The van der Waals surface area contributed by atoms with E-state index in [9.17, 15) is 0 Å². The molecule has 0 N–H and O–H groups in total. The Bertz CT molecular complexity index is 850. The number of fused-ring (bicyclic) bond motifs is 1. The highest BCUT2D eigenvalue weighted by atomic mass is 79.9. The van der Waals surface area contributed by atoms with E-state index >= 15 is 0 Å². The zero-order chi connectivity index (χ0) is 14.2. The SMILES string of the molecule is Brc1c(-c2ccccc2)nn2c(C3C=CC=C3)ccnc12. The number of hydrogen-bond acceptors (Lipinski definition) is 2. The van der Waals surface area contributed by atoms with Gasteiger partial charge in [0.15, 0.2) is 5.65 Å². The summed E-state index contributed by atoms with van der Waals surface area (Å²) in [5.74, 6) is 0.255. The van der Waals surface area contributed by atoms with Gasteiger partial charge < -0.3 is 0 Å². The maximum absolute atomic E-state index is 4.77. The molecule has 0 spiro atoms. The van der Waals surface area contributed by atoms with E-state index in [0.29, 0.717) is 0 Å². The van der Waals surface area contributed by atoms with Crippen molar-refractivity contribution in [2.24, 2.45) is 0 Å². The Labute approximate surface area is 130 Å². The minimum absolute atomic E-state index is 0.255. The lowest BCUT2D eigenvalue weighted by molar-refractivity contribution is 0.839. The summed E-state index contributed by atoms with van der Waals surface area (Å²) in [5, 5.41) is 4.77. The Morgan fingerprint density at radius 1 is 1.00 bits per heavy atom. The summed E-state index contributed by atoms with van der Waals surface area (Å²) in [6.07, 6.45) is 10.3. The van der Waals surface area contributed by atoms with Crippen LogP contribution in [-0.2, 0) is 0 Å². The second kappa shape index (κ2) is 4.97. The van der Waals surface area contributed by atoms with Crippen molar-refractivity contribution in [1.29, 1.82) is 0 Å². The van der Waals surface area contributed by atoms with Crippen molar-refractivity contribution in [3.8, 4) is 11.3 Å². The predicted octanol–water partition coefficient (Wildman–Crippen LogP) is 4.37. The molecular formula is C17H12BrN3. The van der Waals surface area contributed by atoms with Crippen LogP contribution >= 0.6 is 15.9 Å². The van der Waals surface area contributed by atoms with Gasteiger partial charge in [0.2, 0.25) is 0 Å². The van der Waals surface area contributed by atoms with Crippen LogP contribution in [0.3, 0.4) is 0 Å². The number of hydrogen-bond donors (Lipinski definition) is 0. The summed E-state index contributed by atoms with van der Waals surface area (Å²) >= 11 is 3.65. The average Bonchev–Trinajstić information content (AvgIpc) is 3.17. The van der Waals surface area contributed by atoms with Gasteiger partial charge in [-0.05, 0) is 22.0 Å². The smallest absolute Gasteiger partial charge is 0.170 e. The second-order valence-electron chi connectivity index (χ2n) is 4.93. The van der Waals surface area contributed by atoms with Gasteiger partial charge in [0.25, 0.3) is 0 Å². The molecule has 3 nitrogen and oxygen atoms in total. The number of aromatic nitrogens is 3. The van der Waals surface area contributed by atoms with Crippen LogP contribution in [0.2, 0.25) is 0 Å². The first-order valence-electron chi connectivity index (χ1n) is 6.78. The monoisotopic (exact) mass is 337 g/mol. The molecule has 2 heterocycles. The Morgan fingerprint density at radius 2 is 1.76 bits per heavy atom. The molecule has 0 aliphatic heterocycles. The molecule has 1 aliphatic carbocycles. The topological polar surface area (TPSA) is 30.2 Å². The lowest BCUT2D eigenvalue weighted by atomic mass is 10.1. The summed E-state index contributed by atoms with van der Waals surface area (Å²) in [5.41, 5.74) is 3.97. The molecule has 0 bridgehead atoms. The largest absolute Gasteiger partial charge is 0.236 e. The molecule has 1 aliphatic rings. The van der Waals surface area contributed by atoms with Crippen LogP contribution in [0.4, 0.5) is 0 Å². The molecule has 0 amide bonds. The van der Waals surface area contributed by atoms with Crippen molar-refractivity contribution < 1.29 is 0 Å². The van der Waals surface area contributed by atoms with Crippen LogP contribution in [-0.4, -0.2) is 14.6 Å². The highest BCUT2D eigenvalue weighted by Gasteiger charge is 2.18. The highest BCUT2D eigenvalue weighted by molar-refractivity contribution is 9.10. The molecule has 0 atom stereocenters. The van der Waals surface area contributed by atoms with Gasteiger partial charge in [0.05, 0.1) is 10.2 Å². The van der Waals surface area contributed by atoms with Crippen LogP contribution < -0.4 is 0 Å². The van der Waals surface area contributed by atoms with E-state index in [-0.39, 0.29) is 5.92 Å². The molecule has 1 aromatic carbocycles. The lowest BCUT2D eigenvalue weighted by Gasteiger charge is -2.07. The third kappa shape index (κ3) is 2.03. The van der Waals surface area contributed by atoms with Crippen molar-refractivity contribution in [2.75, 3.05) is 0 Å². The predicted molar refractivity (Wildman–Crippen MR) is 87.1 cm³/mol. The molecule has 3 aromatic rings. The van der Waals surface area contributed by atoms with Gasteiger partial charge in [-0.25, -0.2) is 9.50 Å². The minimum atomic E-state index is 0.255. The summed E-state index contributed by atoms with van der Waals surface area (Å²) < 4.78 is 2.86. The standard InChI is InChI=1S/C17H12BrN3/c18-15-16(13-8-2-1-3-9-13)20-21-14(10-11-19-17(15)21)12-6-4-5-7-12/h1-12H. The Balaban J connectivity index is 1.96. The van der Waals surface area contributed by atoms with Gasteiger partial charge >= 0.3 is 0 Å². The molecule has 0 saturated carbocycles. The van der Waals surface area contributed by atoms with E-state index in [1.807, 2.05) is 35.0 Å². The van der Waals surface area contributed by atoms with E-state index in [1.54, 1.807) is 0 Å². The van der Waals surface area contributed by atoms with Crippen LogP contribution in [0.25, 0.3) is 16.9 Å².